The molecule has 0 saturated carbocycles. The Hall–Kier alpha value is -1.34. The first-order valence-corrected chi connectivity index (χ1v) is 4.42. The number of hydrogen-bond donors (Lipinski definition) is 0. The normalized spacial score (nSPS) is 22.5. The zero-order valence-electron chi connectivity index (χ0n) is 7.31. The van der Waals surface area contributed by atoms with Crippen LogP contribution in [0.5, 0.6) is 0 Å². The van der Waals surface area contributed by atoms with Gasteiger partial charge in [0.2, 0.25) is 5.82 Å². The van der Waals surface area contributed by atoms with Crippen molar-refractivity contribution in [1.29, 1.82) is 5.26 Å². The summed E-state index contributed by atoms with van der Waals surface area (Å²) < 4.78 is 7.25. The lowest BCUT2D eigenvalue weighted by atomic mass is 10.1. The molecule has 1 aromatic rings. The number of aromatic nitrogens is 2. The van der Waals surface area contributed by atoms with Crippen molar-refractivity contribution in [2.24, 2.45) is 0 Å². The number of hydrogen-bond acceptors (Lipinski definition) is 3. The Morgan fingerprint density at radius 3 is 3.31 bits per heavy atom. The van der Waals surface area contributed by atoms with Crippen LogP contribution in [-0.2, 0) is 4.74 Å². The van der Waals surface area contributed by atoms with E-state index in [-0.39, 0.29) is 0 Å². The predicted molar refractivity (Wildman–Crippen MR) is 46.0 cm³/mol. The summed E-state index contributed by atoms with van der Waals surface area (Å²) in [4.78, 5) is 3.96. The van der Waals surface area contributed by atoms with E-state index in [0.29, 0.717) is 18.5 Å². The topological polar surface area (TPSA) is 50.8 Å². The first-order chi connectivity index (χ1) is 6.42. The fourth-order valence-electron chi connectivity index (χ4n) is 1.64. The predicted octanol–water partition coefficient (Wildman–Crippen LogP) is 1.11. The maximum absolute atomic E-state index is 8.76. The van der Waals surface area contributed by atoms with Crippen LogP contribution in [0.15, 0.2) is 12.4 Å². The van der Waals surface area contributed by atoms with Gasteiger partial charge in [-0.3, -0.25) is 0 Å². The SMILES string of the molecule is N#Cc1nccn1C1CCCOC1. The van der Waals surface area contributed by atoms with E-state index in [1.807, 2.05) is 10.8 Å². The van der Waals surface area contributed by atoms with Gasteiger partial charge in [-0.05, 0) is 12.8 Å². The highest BCUT2D eigenvalue weighted by Gasteiger charge is 2.17. The Balaban J connectivity index is 2.19. The molecule has 0 bridgehead atoms. The monoisotopic (exact) mass is 177 g/mol. The van der Waals surface area contributed by atoms with E-state index in [1.165, 1.54) is 0 Å². The Morgan fingerprint density at radius 2 is 2.62 bits per heavy atom. The summed E-state index contributed by atoms with van der Waals surface area (Å²) in [5, 5.41) is 8.76. The van der Waals surface area contributed by atoms with Crippen molar-refractivity contribution in [2.75, 3.05) is 13.2 Å². The molecule has 1 fully saturated rings. The summed E-state index contributed by atoms with van der Waals surface area (Å²) in [7, 11) is 0. The van der Waals surface area contributed by atoms with Gasteiger partial charge in [0.05, 0.1) is 12.6 Å². The molecule has 2 rings (SSSR count). The van der Waals surface area contributed by atoms with E-state index in [1.54, 1.807) is 6.20 Å². The van der Waals surface area contributed by atoms with E-state index < -0.39 is 0 Å². The lowest BCUT2D eigenvalue weighted by Gasteiger charge is -2.23. The molecule has 1 saturated heterocycles. The Kier molecular flexibility index (Phi) is 2.28. The van der Waals surface area contributed by atoms with Crippen LogP contribution in [0.4, 0.5) is 0 Å². The smallest absolute Gasteiger partial charge is 0.213 e. The second-order valence-corrected chi connectivity index (χ2v) is 3.14. The van der Waals surface area contributed by atoms with Crippen LogP contribution in [0.25, 0.3) is 0 Å². The van der Waals surface area contributed by atoms with Gasteiger partial charge in [0, 0.05) is 19.0 Å². The number of nitrogens with zero attached hydrogens (tertiary/aromatic N) is 3. The van der Waals surface area contributed by atoms with Gasteiger partial charge in [0.15, 0.2) is 0 Å². The van der Waals surface area contributed by atoms with Gasteiger partial charge >= 0.3 is 0 Å². The Labute approximate surface area is 76.8 Å². The van der Waals surface area contributed by atoms with Crippen molar-refractivity contribution >= 4 is 0 Å². The molecule has 1 aliphatic rings. The molecule has 0 radical (unpaired) electrons. The van der Waals surface area contributed by atoms with Gasteiger partial charge in [-0.2, -0.15) is 5.26 Å². The lowest BCUT2D eigenvalue weighted by Crippen LogP contribution is -2.21. The molecule has 0 spiro atoms. The summed E-state index contributed by atoms with van der Waals surface area (Å²) in [6.45, 7) is 1.54. The maximum atomic E-state index is 8.76. The van der Waals surface area contributed by atoms with Crippen LogP contribution < -0.4 is 0 Å². The molecular formula is C9H11N3O. The van der Waals surface area contributed by atoms with E-state index in [4.69, 9.17) is 10.00 Å². The largest absolute Gasteiger partial charge is 0.379 e. The molecule has 2 heterocycles. The zero-order chi connectivity index (χ0) is 9.10. The van der Waals surface area contributed by atoms with Crippen molar-refractivity contribution in [3.63, 3.8) is 0 Å². The highest BCUT2D eigenvalue weighted by atomic mass is 16.5. The highest BCUT2D eigenvalue weighted by molar-refractivity contribution is 5.12. The molecule has 0 amide bonds. The number of ether oxygens (including phenoxy) is 1. The molecule has 4 nitrogen and oxygen atoms in total. The van der Waals surface area contributed by atoms with Crippen LogP contribution in [0.2, 0.25) is 0 Å². The van der Waals surface area contributed by atoms with Crippen LogP contribution in [0.3, 0.4) is 0 Å². The third-order valence-corrected chi connectivity index (χ3v) is 2.30. The molecule has 68 valence electrons. The molecule has 4 heteroatoms. The van der Waals surface area contributed by atoms with Crippen LogP contribution >= 0.6 is 0 Å². The average molecular weight is 177 g/mol. The number of nitriles is 1. The van der Waals surface area contributed by atoms with Gasteiger partial charge in [0.25, 0.3) is 0 Å². The van der Waals surface area contributed by atoms with Gasteiger partial charge in [-0.15, -0.1) is 0 Å². The van der Waals surface area contributed by atoms with E-state index >= 15 is 0 Å². The standard InChI is InChI=1S/C9H11N3O/c10-6-9-11-3-4-12(9)8-2-1-5-13-7-8/h3-4,8H,1-2,5,7H2. The molecular weight excluding hydrogens is 166 g/mol. The van der Waals surface area contributed by atoms with E-state index in [0.717, 1.165) is 19.4 Å². The fraction of sp³-hybridized carbons (Fsp3) is 0.556. The molecule has 1 aromatic heterocycles. The molecule has 1 aliphatic heterocycles. The summed E-state index contributed by atoms with van der Waals surface area (Å²) in [5.41, 5.74) is 0. The first-order valence-electron chi connectivity index (χ1n) is 4.42. The first kappa shape index (κ1) is 8.27. The molecule has 1 unspecified atom stereocenters. The Morgan fingerprint density at radius 1 is 1.69 bits per heavy atom. The molecule has 0 aromatic carbocycles. The van der Waals surface area contributed by atoms with E-state index in [2.05, 4.69) is 11.1 Å². The van der Waals surface area contributed by atoms with Crippen molar-refractivity contribution in [3.05, 3.63) is 18.2 Å². The quantitative estimate of drug-likeness (QED) is 0.645. The summed E-state index contributed by atoms with van der Waals surface area (Å²) >= 11 is 0. The minimum absolute atomic E-state index is 0.297. The van der Waals surface area contributed by atoms with Crippen molar-refractivity contribution in [3.8, 4) is 6.07 Å². The second kappa shape index (κ2) is 3.58. The summed E-state index contributed by atoms with van der Waals surface area (Å²) in [6, 6.07) is 2.37. The highest BCUT2D eigenvalue weighted by Crippen LogP contribution is 2.20. The van der Waals surface area contributed by atoms with Crippen molar-refractivity contribution in [1.82, 2.24) is 9.55 Å². The summed E-state index contributed by atoms with van der Waals surface area (Å²) in [6.07, 6.45) is 5.64. The number of imidazole rings is 1. The summed E-state index contributed by atoms with van der Waals surface area (Å²) in [5.74, 6) is 0.482. The minimum atomic E-state index is 0.297. The maximum Gasteiger partial charge on any atom is 0.213 e. The van der Waals surface area contributed by atoms with Crippen molar-refractivity contribution < 1.29 is 4.74 Å². The van der Waals surface area contributed by atoms with Gasteiger partial charge in [-0.1, -0.05) is 0 Å². The fourth-order valence-corrected chi connectivity index (χ4v) is 1.64. The molecule has 0 aliphatic carbocycles. The average Bonchev–Trinajstić information content (AvgIpc) is 2.67. The van der Waals surface area contributed by atoms with Gasteiger partial charge in [-0.25, -0.2) is 4.98 Å². The van der Waals surface area contributed by atoms with Crippen LogP contribution in [-0.4, -0.2) is 22.8 Å². The molecule has 0 N–H and O–H groups in total. The Bertz CT molecular complexity index is 320. The van der Waals surface area contributed by atoms with Gasteiger partial charge in [0.1, 0.15) is 6.07 Å². The number of rotatable bonds is 1. The lowest BCUT2D eigenvalue weighted by molar-refractivity contribution is 0.0588. The van der Waals surface area contributed by atoms with E-state index in [9.17, 15) is 0 Å². The third-order valence-electron chi connectivity index (χ3n) is 2.30. The molecule has 13 heavy (non-hydrogen) atoms. The third kappa shape index (κ3) is 1.56. The molecule has 1 atom stereocenters. The van der Waals surface area contributed by atoms with Crippen LogP contribution in [0.1, 0.15) is 24.7 Å². The zero-order valence-corrected chi connectivity index (χ0v) is 7.31. The van der Waals surface area contributed by atoms with Crippen LogP contribution in [0, 0.1) is 11.3 Å². The minimum Gasteiger partial charge on any atom is -0.379 e. The second-order valence-electron chi connectivity index (χ2n) is 3.14. The van der Waals surface area contributed by atoms with Crippen molar-refractivity contribution in [2.45, 2.75) is 18.9 Å². The van der Waals surface area contributed by atoms with Gasteiger partial charge < -0.3 is 9.30 Å².